The van der Waals surface area contributed by atoms with Gasteiger partial charge in [0.2, 0.25) is 0 Å². The molecule has 2 aromatic rings. The molecule has 0 atom stereocenters. The summed E-state index contributed by atoms with van der Waals surface area (Å²) in [5.74, 6) is -0.514. The van der Waals surface area contributed by atoms with E-state index in [1.807, 2.05) is 30.3 Å². The first kappa shape index (κ1) is 13.5. The van der Waals surface area contributed by atoms with E-state index in [0.29, 0.717) is 24.3 Å². The largest absolute Gasteiger partial charge is 0.278 e. The summed E-state index contributed by atoms with van der Waals surface area (Å²) in [6.45, 7) is 0.746. The van der Waals surface area contributed by atoms with Gasteiger partial charge >= 0.3 is 0 Å². The van der Waals surface area contributed by atoms with Gasteiger partial charge in [0.05, 0.1) is 6.54 Å². The van der Waals surface area contributed by atoms with Gasteiger partial charge < -0.3 is 0 Å². The summed E-state index contributed by atoms with van der Waals surface area (Å²) in [4.78, 5) is 17.8. The molecule has 2 aromatic carbocycles. The normalized spacial score (nSPS) is 14.4. The molecule has 0 radical (unpaired) electrons. The maximum absolute atomic E-state index is 12.9. The summed E-state index contributed by atoms with van der Waals surface area (Å²) in [6.07, 6.45) is 1.79. The molecule has 1 heterocycles. The van der Waals surface area contributed by atoms with Crippen molar-refractivity contribution in [3.63, 3.8) is 0 Å². The van der Waals surface area contributed by atoms with Crippen LogP contribution in [0.5, 0.6) is 0 Å². The molecule has 106 valence electrons. The van der Waals surface area contributed by atoms with Gasteiger partial charge in [-0.1, -0.05) is 42.5 Å². The minimum absolute atomic E-state index is 0.197. The molecule has 1 aliphatic rings. The van der Waals surface area contributed by atoms with Gasteiger partial charge in [0.1, 0.15) is 12.4 Å². The van der Waals surface area contributed by atoms with Crippen LogP contribution in [0.25, 0.3) is 5.57 Å². The number of hydroxylamine groups is 2. The Bertz CT molecular complexity index is 665. The fourth-order valence-electron chi connectivity index (χ4n) is 2.19. The molecule has 3 nitrogen and oxygen atoms in total. The first-order chi connectivity index (χ1) is 10.2. The first-order valence-electron chi connectivity index (χ1n) is 6.69. The summed E-state index contributed by atoms with van der Waals surface area (Å²) in [5, 5.41) is 1.33. The molecule has 0 spiro atoms. The van der Waals surface area contributed by atoms with E-state index in [1.165, 1.54) is 17.2 Å². The van der Waals surface area contributed by atoms with Crippen LogP contribution in [0.3, 0.4) is 0 Å². The molecule has 0 bridgehead atoms. The van der Waals surface area contributed by atoms with Crippen LogP contribution in [-0.2, 0) is 16.2 Å². The topological polar surface area (TPSA) is 29.5 Å². The fraction of sp³-hybridized carbons (Fsp3) is 0.118. The van der Waals surface area contributed by atoms with Crippen LogP contribution in [0.4, 0.5) is 4.39 Å². The van der Waals surface area contributed by atoms with Crippen LogP contribution in [0.1, 0.15) is 11.1 Å². The molecule has 0 N–H and O–H groups in total. The highest BCUT2D eigenvalue weighted by Gasteiger charge is 2.25. The Morgan fingerprint density at radius 3 is 2.48 bits per heavy atom. The van der Waals surface area contributed by atoms with Crippen molar-refractivity contribution in [2.24, 2.45) is 0 Å². The molecule has 3 rings (SSSR count). The Kier molecular flexibility index (Phi) is 3.79. The van der Waals surface area contributed by atoms with E-state index in [0.717, 1.165) is 5.56 Å². The second-order valence-corrected chi connectivity index (χ2v) is 4.75. The van der Waals surface area contributed by atoms with Crippen LogP contribution >= 0.6 is 0 Å². The molecule has 0 saturated heterocycles. The van der Waals surface area contributed by atoms with Gasteiger partial charge in [-0.3, -0.25) is 9.63 Å². The zero-order valence-corrected chi connectivity index (χ0v) is 11.3. The van der Waals surface area contributed by atoms with Crippen LogP contribution in [0, 0.1) is 5.82 Å². The van der Waals surface area contributed by atoms with Gasteiger partial charge in [-0.2, -0.15) is 0 Å². The highest BCUT2D eigenvalue weighted by Crippen LogP contribution is 2.23. The minimum Gasteiger partial charge on any atom is -0.267 e. The quantitative estimate of drug-likeness (QED) is 0.862. The SMILES string of the molecule is O=C1C(c2ccc(F)cc2)=CCN1OCc1ccccc1. The Morgan fingerprint density at radius 1 is 1.05 bits per heavy atom. The van der Waals surface area contributed by atoms with Crippen molar-refractivity contribution >= 4 is 11.5 Å². The van der Waals surface area contributed by atoms with Crippen molar-refractivity contribution in [1.82, 2.24) is 5.06 Å². The van der Waals surface area contributed by atoms with Gasteiger partial charge in [0, 0.05) is 5.57 Å². The lowest BCUT2D eigenvalue weighted by Gasteiger charge is -2.16. The van der Waals surface area contributed by atoms with E-state index in [1.54, 1.807) is 18.2 Å². The van der Waals surface area contributed by atoms with E-state index in [4.69, 9.17) is 4.84 Å². The van der Waals surface area contributed by atoms with Gasteiger partial charge in [0.25, 0.3) is 5.91 Å². The smallest absolute Gasteiger partial charge is 0.267 e. The molecular weight excluding hydrogens is 269 g/mol. The molecule has 0 aliphatic carbocycles. The van der Waals surface area contributed by atoms with Crippen LogP contribution in [0.2, 0.25) is 0 Å². The number of amides is 1. The van der Waals surface area contributed by atoms with Crippen molar-refractivity contribution in [3.8, 4) is 0 Å². The molecule has 0 aromatic heterocycles. The van der Waals surface area contributed by atoms with E-state index < -0.39 is 0 Å². The number of carbonyl (C=O) groups excluding carboxylic acids is 1. The van der Waals surface area contributed by atoms with Crippen molar-refractivity contribution in [2.75, 3.05) is 6.54 Å². The van der Waals surface area contributed by atoms with Gasteiger partial charge in [-0.25, -0.2) is 9.45 Å². The third-order valence-electron chi connectivity index (χ3n) is 3.30. The molecule has 21 heavy (non-hydrogen) atoms. The lowest BCUT2D eigenvalue weighted by molar-refractivity contribution is -0.178. The number of nitrogens with zero attached hydrogens (tertiary/aromatic N) is 1. The predicted octanol–water partition coefficient (Wildman–Crippen LogP) is 3.18. The lowest BCUT2D eigenvalue weighted by Crippen LogP contribution is -2.26. The zero-order chi connectivity index (χ0) is 14.7. The summed E-state index contributed by atoms with van der Waals surface area (Å²) in [5.41, 5.74) is 2.25. The standard InChI is InChI=1S/C17H14FNO2/c18-15-8-6-14(7-9-15)16-10-11-19(17(16)20)21-12-13-4-2-1-3-5-13/h1-10H,11-12H2. The van der Waals surface area contributed by atoms with E-state index in [9.17, 15) is 9.18 Å². The second-order valence-electron chi connectivity index (χ2n) is 4.75. The number of halogens is 1. The highest BCUT2D eigenvalue weighted by molar-refractivity contribution is 6.20. The van der Waals surface area contributed by atoms with E-state index >= 15 is 0 Å². The Morgan fingerprint density at radius 2 is 1.76 bits per heavy atom. The first-order valence-corrected chi connectivity index (χ1v) is 6.69. The van der Waals surface area contributed by atoms with Crippen molar-refractivity contribution in [1.29, 1.82) is 0 Å². The Balaban J connectivity index is 1.64. The number of benzene rings is 2. The lowest BCUT2D eigenvalue weighted by atomic mass is 10.1. The number of hydrogen-bond acceptors (Lipinski definition) is 2. The molecule has 4 heteroatoms. The molecule has 1 amide bonds. The monoisotopic (exact) mass is 283 g/mol. The maximum Gasteiger partial charge on any atom is 0.278 e. The summed E-state index contributed by atoms with van der Waals surface area (Å²) in [7, 11) is 0. The Hall–Kier alpha value is -2.46. The average molecular weight is 283 g/mol. The molecule has 1 aliphatic heterocycles. The number of carbonyl (C=O) groups is 1. The van der Waals surface area contributed by atoms with Crippen molar-refractivity contribution in [2.45, 2.75) is 6.61 Å². The molecule has 0 fully saturated rings. The third-order valence-corrected chi connectivity index (χ3v) is 3.30. The second kappa shape index (κ2) is 5.89. The van der Waals surface area contributed by atoms with Gasteiger partial charge in [-0.15, -0.1) is 0 Å². The van der Waals surface area contributed by atoms with Gasteiger partial charge in [-0.05, 0) is 29.3 Å². The minimum atomic E-state index is -0.318. The fourth-order valence-corrected chi connectivity index (χ4v) is 2.19. The Labute approximate surface area is 122 Å². The van der Waals surface area contributed by atoms with E-state index in [2.05, 4.69) is 0 Å². The predicted molar refractivity (Wildman–Crippen MR) is 77.3 cm³/mol. The van der Waals surface area contributed by atoms with E-state index in [-0.39, 0.29) is 11.7 Å². The molecule has 0 saturated carbocycles. The zero-order valence-electron chi connectivity index (χ0n) is 11.3. The molecular formula is C17H14FNO2. The van der Waals surface area contributed by atoms with Crippen LogP contribution in [-0.4, -0.2) is 17.5 Å². The average Bonchev–Trinajstić information content (AvgIpc) is 2.88. The van der Waals surface area contributed by atoms with Crippen molar-refractivity contribution in [3.05, 3.63) is 77.6 Å². The maximum atomic E-state index is 12.9. The van der Waals surface area contributed by atoms with Crippen LogP contribution < -0.4 is 0 Å². The van der Waals surface area contributed by atoms with Crippen molar-refractivity contribution < 1.29 is 14.0 Å². The number of hydrogen-bond donors (Lipinski definition) is 0. The van der Waals surface area contributed by atoms with Gasteiger partial charge in [0.15, 0.2) is 0 Å². The highest BCUT2D eigenvalue weighted by atomic mass is 19.1. The summed E-state index contributed by atoms with van der Waals surface area (Å²) < 4.78 is 12.9. The summed E-state index contributed by atoms with van der Waals surface area (Å²) in [6, 6.07) is 15.5. The number of rotatable bonds is 4. The third kappa shape index (κ3) is 3.01. The molecule has 0 unspecified atom stereocenters. The van der Waals surface area contributed by atoms with Crippen LogP contribution in [0.15, 0.2) is 60.7 Å². The summed E-state index contributed by atoms with van der Waals surface area (Å²) >= 11 is 0.